The van der Waals surface area contributed by atoms with Gasteiger partial charge in [-0.05, 0) is 61.4 Å². The molecule has 1 unspecified atom stereocenters. The molecule has 3 aromatic rings. The zero-order chi connectivity index (χ0) is 20.1. The summed E-state index contributed by atoms with van der Waals surface area (Å²) in [6.07, 6.45) is 3.70. The van der Waals surface area contributed by atoms with E-state index in [0.29, 0.717) is 35.1 Å². The zero-order valence-electron chi connectivity index (χ0n) is 15.7. The molecule has 0 saturated carbocycles. The van der Waals surface area contributed by atoms with Gasteiger partial charge >= 0.3 is 0 Å². The number of halogens is 1. The summed E-state index contributed by atoms with van der Waals surface area (Å²) in [5.41, 5.74) is 1.24. The molecule has 148 valence electrons. The smallest absolute Gasteiger partial charge is 0.251 e. The summed E-state index contributed by atoms with van der Waals surface area (Å²) < 4.78 is 24.4. The first-order chi connectivity index (χ1) is 14.2. The van der Waals surface area contributed by atoms with Gasteiger partial charge in [-0.3, -0.25) is 4.79 Å². The van der Waals surface area contributed by atoms with Crippen LogP contribution in [-0.2, 0) is 4.74 Å². The van der Waals surface area contributed by atoms with Gasteiger partial charge in [0.2, 0.25) is 5.88 Å². The fourth-order valence-electron chi connectivity index (χ4n) is 3.05. The molecular formula is C22H20FN3O3. The van der Waals surface area contributed by atoms with Crippen molar-refractivity contribution in [3.8, 4) is 23.0 Å². The van der Waals surface area contributed by atoms with Crippen LogP contribution in [0, 0.1) is 5.82 Å². The Morgan fingerprint density at radius 1 is 1.14 bits per heavy atom. The maximum atomic E-state index is 13.1. The first-order valence-electron chi connectivity index (χ1n) is 9.44. The molecule has 29 heavy (non-hydrogen) atoms. The summed E-state index contributed by atoms with van der Waals surface area (Å²) >= 11 is 0. The molecule has 1 aromatic heterocycles. The highest BCUT2D eigenvalue weighted by molar-refractivity contribution is 5.94. The van der Waals surface area contributed by atoms with Crippen molar-refractivity contribution in [2.24, 2.45) is 0 Å². The van der Waals surface area contributed by atoms with Crippen LogP contribution < -0.4 is 10.1 Å². The molecule has 0 aliphatic carbocycles. The monoisotopic (exact) mass is 393 g/mol. The number of nitrogens with zero attached hydrogens (tertiary/aromatic N) is 2. The highest BCUT2D eigenvalue weighted by Gasteiger charge is 2.16. The average molecular weight is 393 g/mol. The Hall–Kier alpha value is -3.32. The highest BCUT2D eigenvalue weighted by atomic mass is 19.1. The van der Waals surface area contributed by atoms with E-state index in [0.717, 1.165) is 19.4 Å². The molecule has 1 atom stereocenters. The molecule has 2 heterocycles. The molecule has 1 fully saturated rings. The normalized spacial score (nSPS) is 15.8. The van der Waals surface area contributed by atoms with Gasteiger partial charge < -0.3 is 14.8 Å². The van der Waals surface area contributed by atoms with Crippen LogP contribution in [0.4, 0.5) is 4.39 Å². The Kier molecular flexibility index (Phi) is 5.76. The minimum absolute atomic E-state index is 0.106. The van der Waals surface area contributed by atoms with E-state index in [-0.39, 0.29) is 17.8 Å². The topological polar surface area (TPSA) is 73.3 Å². The lowest BCUT2D eigenvalue weighted by Gasteiger charge is -2.11. The molecular weight excluding hydrogens is 373 g/mol. The van der Waals surface area contributed by atoms with Gasteiger partial charge in [-0.1, -0.05) is 0 Å². The van der Waals surface area contributed by atoms with Crippen molar-refractivity contribution in [1.29, 1.82) is 0 Å². The van der Waals surface area contributed by atoms with Crippen LogP contribution in [0.25, 0.3) is 11.4 Å². The van der Waals surface area contributed by atoms with Gasteiger partial charge in [-0.15, -0.1) is 0 Å². The molecule has 1 aliphatic rings. The van der Waals surface area contributed by atoms with Crippen molar-refractivity contribution in [3.05, 3.63) is 72.2 Å². The number of carbonyl (C=O) groups is 1. The fourth-order valence-corrected chi connectivity index (χ4v) is 3.05. The van der Waals surface area contributed by atoms with E-state index in [9.17, 15) is 9.18 Å². The van der Waals surface area contributed by atoms with Gasteiger partial charge in [-0.25, -0.2) is 9.37 Å². The predicted octanol–water partition coefficient (Wildman–Crippen LogP) is 3.98. The molecule has 2 aromatic carbocycles. The molecule has 1 N–H and O–H groups in total. The van der Waals surface area contributed by atoms with E-state index in [1.807, 2.05) is 0 Å². The minimum Gasteiger partial charge on any atom is -0.439 e. The van der Waals surface area contributed by atoms with E-state index in [4.69, 9.17) is 9.47 Å². The number of hydrogen-bond acceptors (Lipinski definition) is 5. The number of rotatable bonds is 6. The van der Waals surface area contributed by atoms with E-state index in [2.05, 4.69) is 15.3 Å². The number of carbonyl (C=O) groups excluding carboxylic acids is 1. The molecule has 4 rings (SSSR count). The lowest BCUT2D eigenvalue weighted by Crippen LogP contribution is -2.31. The third kappa shape index (κ3) is 4.94. The summed E-state index contributed by atoms with van der Waals surface area (Å²) in [5.74, 6) is 0.876. The SMILES string of the molecule is O=C(NCC1CCCO1)c1ccc(Oc2ccnc(-c3ccc(F)cc3)n2)cc1. The van der Waals surface area contributed by atoms with Gasteiger partial charge in [0, 0.05) is 36.5 Å². The molecule has 0 spiro atoms. The Bertz CT molecular complexity index is 971. The van der Waals surface area contributed by atoms with Crippen molar-refractivity contribution in [3.63, 3.8) is 0 Å². The van der Waals surface area contributed by atoms with Gasteiger partial charge in [0.15, 0.2) is 5.82 Å². The zero-order valence-corrected chi connectivity index (χ0v) is 15.7. The van der Waals surface area contributed by atoms with Crippen molar-refractivity contribution in [2.75, 3.05) is 13.2 Å². The number of hydrogen-bond donors (Lipinski definition) is 1. The quantitative estimate of drug-likeness (QED) is 0.686. The standard InChI is InChI=1S/C22H20FN3O3/c23-17-7-3-15(4-8-17)21-24-12-11-20(26-21)29-18-9-5-16(6-10-18)22(27)25-14-19-2-1-13-28-19/h3-12,19H,1-2,13-14H2,(H,25,27). The van der Waals surface area contributed by atoms with Crippen LogP contribution in [0.15, 0.2) is 60.8 Å². The molecule has 0 bridgehead atoms. The maximum absolute atomic E-state index is 13.1. The summed E-state index contributed by atoms with van der Waals surface area (Å²) in [4.78, 5) is 20.8. The first-order valence-corrected chi connectivity index (χ1v) is 9.44. The lowest BCUT2D eigenvalue weighted by atomic mass is 10.2. The van der Waals surface area contributed by atoms with E-state index < -0.39 is 0 Å². The summed E-state index contributed by atoms with van der Waals surface area (Å²) in [6, 6.07) is 14.4. The van der Waals surface area contributed by atoms with E-state index in [1.54, 1.807) is 48.7 Å². The number of amides is 1. The Morgan fingerprint density at radius 2 is 1.93 bits per heavy atom. The number of benzene rings is 2. The second kappa shape index (κ2) is 8.79. The lowest BCUT2D eigenvalue weighted by molar-refractivity contribution is 0.0858. The van der Waals surface area contributed by atoms with Crippen LogP contribution in [0.3, 0.4) is 0 Å². The fraction of sp³-hybridized carbons (Fsp3) is 0.227. The minimum atomic E-state index is -0.318. The van der Waals surface area contributed by atoms with Crippen LogP contribution in [0.5, 0.6) is 11.6 Å². The summed E-state index contributed by atoms with van der Waals surface area (Å²) in [5, 5.41) is 2.89. The second-order valence-electron chi connectivity index (χ2n) is 6.70. The Balaban J connectivity index is 1.39. The van der Waals surface area contributed by atoms with Gasteiger partial charge in [0.05, 0.1) is 6.10 Å². The largest absolute Gasteiger partial charge is 0.439 e. The van der Waals surface area contributed by atoms with Gasteiger partial charge in [0.1, 0.15) is 11.6 Å². The number of nitrogens with one attached hydrogen (secondary N) is 1. The van der Waals surface area contributed by atoms with Crippen molar-refractivity contribution in [1.82, 2.24) is 15.3 Å². The molecule has 0 radical (unpaired) electrons. The summed E-state index contributed by atoms with van der Waals surface area (Å²) in [6.45, 7) is 1.28. The third-order valence-electron chi connectivity index (χ3n) is 4.59. The highest BCUT2D eigenvalue weighted by Crippen LogP contribution is 2.23. The molecule has 6 nitrogen and oxygen atoms in total. The van der Waals surface area contributed by atoms with Crippen LogP contribution in [0.2, 0.25) is 0 Å². The van der Waals surface area contributed by atoms with Gasteiger partial charge in [-0.2, -0.15) is 4.98 Å². The first kappa shape index (κ1) is 19.0. The predicted molar refractivity (Wildman–Crippen MR) is 105 cm³/mol. The van der Waals surface area contributed by atoms with Crippen molar-refractivity contribution >= 4 is 5.91 Å². The second-order valence-corrected chi connectivity index (χ2v) is 6.70. The van der Waals surface area contributed by atoms with Gasteiger partial charge in [0.25, 0.3) is 5.91 Å². The molecule has 1 aliphatic heterocycles. The van der Waals surface area contributed by atoms with Crippen molar-refractivity contribution in [2.45, 2.75) is 18.9 Å². The van der Waals surface area contributed by atoms with E-state index in [1.165, 1.54) is 12.1 Å². The molecule has 1 amide bonds. The summed E-state index contributed by atoms with van der Waals surface area (Å²) in [7, 11) is 0. The molecule has 7 heteroatoms. The van der Waals surface area contributed by atoms with Crippen molar-refractivity contribution < 1.29 is 18.7 Å². The average Bonchev–Trinajstić information content (AvgIpc) is 3.27. The van der Waals surface area contributed by atoms with Crippen LogP contribution >= 0.6 is 0 Å². The van der Waals surface area contributed by atoms with E-state index >= 15 is 0 Å². The number of ether oxygens (including phenoxy) is 2. The van der Waals surface area contributed by atoms with Crippen LogP contribution in [-0.4, -0.2) is 35.1 Å². The maximum Gasteiger partial charge on any atom is 0.251 e. The Morgan fingerprint density at radius 3 is 2.66 bits per heavy atom. The number of aromatic nitrogens is 2. The Labute approximate surface area is 167 Å². The molecule has 1 saturated heterocycles. The third-order valence-corrected chi connectivity index (χ3v) is 4.59. The van der Waals surface area contributed by atoms with Crippen LogP contribution in [0.1, 0.15) is 23.2 Å².